The van der Waals surface area contributed by atoms with Gasteiger partial charge in [0, 0.05) is 13.3 Å². The van der Waals surface area contributed by atoms with Crippen molar-refractivity contribution in [2.75, 3.05) is 13.7 Å². The number of ether oxygens (including phenoxy) is 1. The molecule has 1 aliphatic carbocycles. The van der Waals surface area contributed by atoms with E-state index in [1.165, 1.54) is 12.8 Å². The van der Waals surface area contributed by atoms with Crippen molar-refractivity contribution in [1.82, 2.24) is 0 Å². The maximum Gasteiger partial charge on any atom is 0.0817 e. The van der Waals surface area contributed by atoms with E-state index >= 15 is 0 Å². The molecule has 0 radical (unpaired) electrons. The fraction of sp³-hybridized carbons (Fsp3) is 0.833. The first-order chi connectivity index (χ1) is 3.93. The van der Waals surface area contributed by atoms with Crippen molar-refractivity contribution in [3.63, 3.8) is 0 Å². The van der Waals surface area contributed by atoms with E-state index in [4.69, 9.17) is 4.74 Å². The highest BCUT2D eigenvalue weighted by molar-refractivity contribution is 5.58. The second-order valence-corrected chi connectivity index (χ2v) is 1.97. The van der Waals surface area contributed by atoms with Crippen molar-refractivity contribution in [2.45, 2.75) is 18.9 Å². The van der Waals surface area contributed by atoms with Gasteiger partial charge in [-0.15, -0.1) is 0 Å². The highest BCUT2D eigenvalue weighted by Gasteiger charge is 2.20. The zero-order valence-electron chi connectivity index (χ0n) is 5.13. The van der Waals surface area contributed by atoms with Crippen LogP contribution in [-0.4, -0.2) is 26.0 Å². The maximum atomic E-state index is 5.24. The van der Waals surface area contributed by atoms with Gasteiger partial charge in [0.15, 0.2) is 0 Å². The van der Waals surface area contributed by atoms with Gasteiger partial charge >= 0.3 is 0 Å². The van der Waals surface area contributed by atoms with Crippen LogP contribution in [0.4, 0.5) is 0 Å². The van der Waals surface area contributed by atoms with Crippen molar-refractivity contribution < 1.29 is 4.74 Å². The molecule has 0 N–H and O–H groups in total. The van der Waals surface area contributed by atoms with E-state index in [0.717, 1.165) is 0 Å². The molecule has 8 heavy (non-hydrogen) atoms. The molecule has 1 fully saturated rings. The van der Waals surface area contributed by atoms with Crippen molar-refractivity contribution in [3.05, 3.63) is 0 Å². The van der Waals surface area contributed by atoms with Crippen LogP contribution in [0.15, 0.2) is 4.99 Å². The van der Waals surface area contributed by atoms with E-state index < -0.39 is 0 Å². The lowest BCUT2D eigenvalue weighted by Crippen LogP contribution is -1.96. The van der Waals surface area contributed by atoms with Crippen molar-refractivity contribution >= 4 is 6.21 Å². The average Bonchev–Trinajstić information content (AvgIpc) is 2.51. The highest BCUT2D eigenvalue weighted by Crippen LogP contribution is 2.22. The molecule has 0 aliphatic heterocycles. The molecule has 1 aliphatic rings. The van der Waals surface area contributed by atoms with Gasteiger partial charge in [0.2, 0.25) is 0 Å². The summed E-state index contributed by atoms with van der Waals surface area (Å²) >= 11 is 0. The van der Waals surface area contributed by atoms with Crippen LogP contribution in [0.2, 0.25) is 0 Å². The van der Waals surface area contributed by atoms with Crippen molar-refractivity contribution in [3.8, 4) is 0 Å². The Morgan fingerprint density at radius 3 is 3.00 bits per heavy atom. The van der Waals surface area contributed by atoms with Gasteiger partial charge in [-0.3, -0.25) is 4.99 Å². The third kappa shape index (κ3) is 2.07. The lowest BCUT2D eigenvalue weighted by molar-refractivity contribution is 0.159. The zero-order valence-corrected chi connectivity index (χ0v) is 5.13. The van der Waals surface area contributed by atoms with E-state index in [2.05, 4.69) is 4.99 Å². The van der Waals surface area contributed by atoms with Crippen LogP contribution in [0.1, 0.15) is 12.8 Å². The molecule has 0 heterocycles. The van der Waals surface area contributed by atoms with E-state index in [0.29, 0.717) is 12.7 Å². The summed E-state index contributed by atoms with van der Waals surface area (Å²) < 4.78 is 5.24. The predicted molar refractivity (Wildman–Crippen MR) is 33.4 cm³/mol. The average molecular weight is 113 g/mol. The molecule has 0 saturated heterocycles. The Balaban J connectivity index is 1.88. The molecular weight excluding hydrogens is 102 g/mol. The van der Waals surface area contributed by atoms with Gasteiger partial charge in [-0.2, -0.15) is 0 Å². The maximum absolute atomic E-state index is 5.24. The standard InChI is InChI=1S/C6H11NO/c1-7-4-5-8-6-2-3-6/h4,6H,2-3,5H2,1H3. The predicted octanol–water partition coefficient (Wildman–Crippen LogP) is 0.866. The van der Waals surface area contributed by atoms with Crippen LogP contribution >= 0.6 is 0 Å². The van der Waals surface area contributed by atoms with Crippen LogP contribution in [0.25, 0.3) is 0 Å². The largest absolute Gasteiger partial charge is 0.373 e. The summed E-state index contributed by atoms with van der Waals surface area (Å²) in [7, 11) is 1.76. The molecule has 1 saturated carbocycles. The minimum atomic E-state index is 0.563. The van der Waals surface area contributed by atoms with Crippen LogP contribution < -0.4 is 0 Å². The molecule has 0 unspecified atom stereocenters. The summed E-state index contributed by atoms with van der Waals surface area (Å²) in [6.45, 7) is 0.696. The Kier molecular flexibility index (Phi) is 2.03. The van der Waals surface area contributed by atoms with E-state index in [1.54, 1.807) is 13.3 Å². The fourth-order valence-corrected chi connectivity index (χ4v) is 0.488. The zero-order chi connectivity index (χ0) is 5.82. The molecule has 46 valence electrons. The SMILES string of the molecule is CN=CCOC1CC1. The third-order valence-corrected chi connectivity index (χ3v) is 1.11. The quantitative estimate of drug-likeness (QED) is 0.497. The molecule has 0 aromatic carbocycles. The van der Waals surface area contributed by atoms with Gasteiger partial charge in [-0.25, -0.2) is 0 Å². The summed E-state index contributed by atoms with van der Waals surface area (Å²) in [6, 6.07) is 0. The summed E-state index contributed by atoms with van der Waals surface area (Å²) in [5, 5.41) is 0. The summed E-state index contributed by atoms with van der Waals surface area (Å²) in [5.74, 6) is 0. The number of nitrogens with zero attached hydrogens (tertiary/aromatic N) is 1. The molecule has 1 rings (SSSR count). The van der Waals surface area contributed by atoms with Crippen LogP contribution in [-0.2, 0) is 4.74 Å². The first kappa shape index (κ1) is 5.76. The third-order valence-electron chi connectivity index (χ3n) is 1.11. The Labute approximate surface area is 49.6 Å². The van der Waals surface area contributed by atoms with Crippen LogP contribution in [0.5, 0.6) is 0 Å². The monoisotopic (exact) mass is 113 g/mol. The van der Waals surface area contributed by atoms with Crippen LogP contribution in [0, 0.1) is 0 Å². The minimum Gasteiger partial charge on any atom is -0.373 e. The van der Waals surface area contributed by atoms with Gasteiger partial charge in [-0.1, -0.05) is 0 Å². The molecule has 0 spiro atoms. The Morgan fingerprint density at radius 1 is 1.75 bits per heavy atom. The lowest BCUT2D eigenvalue weighted by Gasteiger charge is -1.91. The number of aliphatic imine (C=N–C) groups is 1. The van der Waals surface area contributed by atoms with Crippen LogP contribution in [0.3, 0.4) is 0 Å². The summed E-state index contributed by atoms with van der Waals surface area (Å²) in [5.41, 5.74) is 0. The molecule has 2 nitrogen and oxygen atoms in total. The van der Waals surface area contributed by atoms with Crippen molar-refractivity contribution in [1.29, 1.82) is 0 Å². The highest BCUT2D eigenvalue weighted by atomic mass is 16.5. The van der Waals surface area contributed by atoms with Gasteiger partial charge in [0.05, 0.1) is 12.7 Å². The molecule has 0 bridgehead atoms. The molecule has 0 aromatic heterocycles. The number of hydrogen-bond donors (Lipinski definition) is 0. The summed E-state index contributed by atoms with van der Waals surface area (Å²) in [4.78, 5) is 3.79. The topological polar surface area (TPSA) is 21.6 Å². The molecule has 0 amide bonds. The van der Waals surface area contributed by atoms with Gasteiger partial charge in [-0.05, 0) is 12.8 Å². The summed E-state index contributed by atoms with van der Waals surface area (Å²) in [6.07, 6.45) is 4.85. The molecular formula is C6H11NO. The van der Waals surface area contributed by atoms with Crippen molar-refractivity contribution in [2.24, 2.45) is 4.99 Å². The first-order valence-electron chi connectivity index (χ1n) is 2.95. The van der Waals surface area contributed by atoms with Gasteiger partial charge in [0.1, 0.15) is 0 Å². The number of rotatable bonds is 3. The minimum absolute atomic E-state index is 0.563. The van der Waals surface area contributed by atoms with Gasteiger partial charge < -0.3 is 4.74 Å². The smallest absolute Gasteiger partial charge is 0.0817 e. The van der Waals surface area contributed by atoms with E-state index in [-0.39, 0.29) is 0 Å². The fourth-order valence-electron chi connectivity index (χ4n) is 0.488. The lowest BCUT2D eigenvalue weighted by atomic mass is 10.7. The van der Waals surface area contributed by atoms with Gasteiger partial charge in [0.25, 0.3) is 0 Å². The molecule has 2 heteroatoms. The molecule has 0 aromatic rings. The molecule has 0 atom stereocenters. The Hall–Kier alpha value is -0.370. The number of hydrogen-bond acceptors (Lipinski definition) is 2. The second-order valence-electron chi connectivity index (χ2n) is 1.97. The second kappa shape index (κ2) is 2.82. The normalized spacial score (nSPS) is 20.1. The Morgan fingerprint density at radius 2 is 2.50 bits per heavy atom. The first-order valence-corrected chi connectivity index (χ1v) is 2.95. The Bertz CT molecular complexity index is 86.5. The van der Waals surface area contributed by atoms with E-state index in [9.17, 15) is 0 Å². The van der Waals surface area contributed by atoms with E-state index in [1.807, 2.05) is 0 Å².